The summed E-state index contributed by atoms with van der Waals surface area (Å²) in [5.74, 6) is 0.741. The molecule has 1 rings (SSSR count). The van der Waals surface area contributed by atoms with Crippen LogP contribution in [0.3, 0.4) is 0 Å². The number of aromatic hydroxyl groups is 1. The zero-order chi connectivity index (χ0) is 13.4. The summed E-state index contributed by atoms with van der Waals surface area (Å²) in [6, 6.07) is 4.76. The van der Waals surface area contributed by atoms with Gasteiger partial charge in [0.15, 0.2) is 0 Å². The van der Waals surface area contributed by atoms with E-state index >= 15 is 0 Å². The Morgan fingerprint density at radius 2 is 2.00 bits per heavy atom. The number of unbranched alkanes of at least 4 members (excludes halogenated alkanes) is 1. The van der Waals surface area contributed by atoms with Gasteiger partial charge in [-0.3, -0.25) is 0 Å². The summed E-state index contributed by atoms with van der Waals surface area (Å²) in [7, 11) is 2.12. The first-order chi connectivity index (χ1) is 8.63. The lowest BCUT2D eigenvalue weighted by Crippen LogP contribution is -2.22. The molecular formula is C14H24N2O2. The Labute approximate surface area is 109 Å². The van der Waals surface area contributed by atoms with Crippen LogP contribution in [0.1, 0.15) is 26.2 Å². The lowest BCUT2D eigenvalue weighted by molar-refractivity contribution is 0.261. The van der Waals surface area contributed by atoms with E-state index in [1.54, 1.807) is 18.2 Å². The Hall–Kier alpha value is -1.42. The van der Waals surface area contributed by atoms with Crippen LogP contribution in [0.15, 0.2) is 18.2 Å². The third-order valence-electron chi connectivity index (χ3n) is 2.83. The van der Waals surface area contributed by atoms with Crippen LogP contribution >= 0.6 is 0 Å². The normalized spacial score (nSPS) is 10.8. The van der Waals surface area contributed by atoms with Gasteiger partial charge in [-0.25, -0.2) is 0 Å². The second-order valence-corrected chi connectivity index (χ2v) is 4.58. The highest BCUT2D eigenvalue weighted by atomic mass is 16.5. The number of benzene rings is 1. The first-order valence-corrected chi connectivity index (χ1v) is 6.53. The largest absolute Gasteiger partial charge is 0.508 e. The van der Waals surface area contributed by atoms with Crippen molar-refractivity contribution >= 4 is 5.69 Å². The van der Waals surface area contributed by atoms with E-state index in [0.29, 0.717) is 18.0 Å². The average molecular weight is 252 g/mol. The maximum Gasteiger partial charge on any atom is 0.145 e. The number of phenols is 1. The molecular weight excluding hydrogens is 228 g/mol. The molecule has 0 aliphatic carbocycles. The number of rotatable bonds is 8. The summed E-state index contributed by atoms with van der Waals surface area (Å²) in [5, 5.41) is 9.34. The molecule has 4 heteroatoms. The minimum atomic E-state index is 0.180. The molecule has 1 aromatic rings. The SMILES string of the molecule is CCCCN(C)CCCOc1cc(O)ccc1N. The van der Waals surface area contributed by atoms with Crippen molar-refractivity contribution in [1.82, 2.24) is 4.90 Å². The first-order valence-electron chi connectivity index (χ1n) is 6.53. The standard InChI is InChI=1S/C14H24N2O2/c1-3-4-8-16(2)9-5-10-18-14-11-12(17)6-7-13(14)15/h6-7,11,17H,3-5,8-10,15H2,1-2H3. The number of hydrogen-bond donors (Lipinski definition) is 2. The summed E-state index contributed by atoms with van der Waals surface area (Å²) in [4.78, 5) is 2.30. The topological polar surface area (TPSA) is 58.7 Å². The molecule has 0 aliphatic heterocycles. The molecule has 0 spiro atoms. The Morgan fingerprint density at radius 3 is 2.72 bits per heavy atom. The summed E-state index contributed by atoms with van der Waals surface area (Å²) in [5.41, 5.74) is 6.31. The van der Waals surface area contributed by atoms with E-state index in [4.69, 9.17) is 10.5 Å². The molecule has 0 bridgehead atoms. The maximum atomic E-state index is 9.34. The molecule has 0 fully saturated rings. The highest BCUT2D eigenvalue weighted by Crippen LogP contribution is 2.25. The highest BCUT2D eigenvalue weighted by Gasteiger charge is 2.02. The average Bonchev–Trinajstić information content (AvgIpc) is 2.36. The second kappa shape index (κ2) is 7.82. The monoisotopic (exact) mass is 252 g/mol. The first kappa shape index (κ1) is 14.6. The second-order valence-electron chi connectivity index (χ2n) is 4.58. The molecule has 3 N–H and O–H groups in total. The van der Waals surface area contributed by atoms with Crippen LogP contribution in [0.2, 0.25) is 0 Å². The lowest BCUT2D eigenvalue weighted by Gasteiger charge is -2.16. The molecule has 102 valence electrons. The quantitative estimate of drug-likeness (QED) is 0.424. The number of anilines is 1. The van der Waals surface area contributed by atoms with Crippen LogP contribution in [0.25, 0.3) is 0 Å². The predicted molar refractivity (Wildman–Crippen MR) is 75.0 cm³/mol. The van der Waals surface area contributed by atoms with E-state index in [9.17, 15) is 5.11 Å². The lowest BCUT2D eigenvalue weighted by atomic mass is 10.3. The highest BCUT2D eigenvalue weighted by molar-refractivity contribution is 5.55. The van der Waals surface area contributed by atoms with Gasteiger partial charge in [0.2, 0.25) is 0 Å². The van der Waals surface area contributed by atoms with E-state index in [-0.39, 0.29) is 5.75 Å². The molecule has 0 amide bonds. The number of nitrogens with two attached hydrogens (primary N) is 1. The minimum absolute atomic E-state index is 0.180. The van der Waals surface area contributed by atoms with E-state index in [0.717, 1.165) is 19.5 Å². The number of ether oxygens (including phenoxy) is 1. The van der Waals surface area contributed by atoms with Gasteiger partial charge in [-0.05, 0) is 38.6 Å². The van der Waals surface area contributed by atoms with Gasteiger partial charge in [0.1, 0.15) is 11.5 Å². The van der Waals surface area contributed by atoms with E-state index in [1.165, 1.54) is 12.8 Å². The van der Waals surface area contributed by atoms with Gasteiger partial charge < -0.3 is 20.5 Å². The van der Waals surface area contributed by atoms with E-state index < -0.39 is 0 Å². The van der Waals surface area contributed by atoms with Crippen LogP contribution < -0.4 is 10.5 Å². The minimum Gasteiger partial charge on any atom is -0.508 e. The molecule has 0 heterocycles. The fraction of sp³-hybridized carbons (Fsp3) is 0.571. The predicted octanol–water partition coefficient (Wildman–Crippen LogP) is 2.48. The van der Waals surface area contributed by atoms with Gasteiger partial charge in [0.05, 0.1) is 12.3 Å². The van der Waals surface area contributed by atoms with Gasteiger partial charge in [-0.15, -0.1) is 0 Å². The molecule has 0 saturated carbocycles. The van der Waals surface area contributed by atoms with Gasteiger partial charge in [0.25, 0.3) is 0 Å². The van der Waals surface area contributed by atoms with Crippen LogP contribution in [0, 0.1) is 0 Å². The Morgan fingerprint density at radius 1 is 1.28 bits per heavy atom. The van der Waals surface area contributed by atoms with Crippen molar-refractivity contribution in [3.63, 3.8) is 0 Å². The van der Waals surface area contributed by atoms with Crippen molar-refractivity contribution < 1.29 is 9.84 Å². The zero-order valence-electron chi connectivity index (χ0n) is 11.4. The number of nitrogen functional groups attached to an aromatic ring is 1. The summed E-state index contributed by atoms with van der Waals surface area (Å²) >= 11 is 0. The summed E-state index contributed by atoms with van der Waals surface area (Å²) in [6.07, 6.45) is 3.41. The summed E-state index contributed by atoms with van der Waals surface area (Å²) < 4.78 is 5.56. The van der Waals surface area contributed by atoms with E-state index in [1.807, 2.05) is 0 Å². The third-order valence-corrected chi connectivity index (χ3v) is 2.83. The molecule has 0 atom stereocenters. The van der Waals surface area contributed by atoms with Crippen molar-refractivity contribution in [1.29, 1.82) is 0 Å². The fourth-order valence-electron chi connectivity index (χ4n) is 1.70. The van der Waals surface area contributed by atoms with Gasteiger partial charge in [-0.2, -0.15) is 0 Å². The number of phenolic OH excluding ortho intramolecular Hbond substituents is 1. The number of nitrogens with zero attached hydrogens (tertiary/aromatic N) is 1. The third kappa shape index (κ3) is 5.27. The Bertz CT molecular complexity index is 356. The fourth-order valence-corrected chi connectivity index (χ4v) is 1.70. The number of hydrogen-bond acceptors (Lipinski definition) is 4. The van der Waals surface area contributed by atoms with Crippen LogP contribution in [0.4, 0.5) is 5.69 Å². The molecule has 0 aliphatic rings. The van der Waals surface area contributed by atoms with Crippen molar-refractivity contribution in [3.8, 4) is 11.5 Å². The smallest absolute Gasteiger partial charge is 0.145 e. The van der Waals surface area contributed by atoms with Gasteiger partial charge >= 0.3 is 0 Å². The Balaban J connectivity index is 2.23. The van der Waals surface area contributed by atoms with Gasteiger partial charge in [0, 0.05) is 12.6 Å². The van der Waals surface area contributed by atoms with Crippen LogP contribution in [0.5, 0.6) is 11.5 Å². The molecule has 0 unspecified atom stereocenters. The van der Waals surface area contributed by atoms with Crippen molar-refractivity contribution in [2.45, 2.75) is 26.2 Å². The Kier molecular flexibility index (Phi) is 6.36. The van der Waals surface area contributed by atoms with Crippen LogP contribution in [-0.4, -0.2) is 36.8 Å². The van der Waals surface area contributed by atoms with Crippen LogP contribution in [-0.2, 0) is 0 Å². The molecule has 4 nitrogen and oxygen atoms in total. The summed E-state index contributed by atoms with van der Waals surface area (Å²) in [6.45, 7) is 4.95. The van der Waals surface area contributed by atoms with Gasteiger partial charge in [-0.1, -0.05) is 13.3 Å². The van der Waals surface area contributed by atoms with Crippen molar-refractivity contribution in [2.75, 3.05) is 32.5 Å². The molecule has 0 radical (unpaired) electrons. The van der Waals surface area contributed by atoms with E-state index in [2.05, 4.69) is 18.9 Å². The molecule has 1 aromatic carbocycles. The van der Waals surface area contributed by atoms with Crippen molar-refractivity contribution in [2.24, 2.45) is 0 Å². The molecule has 18 heavy (non-hydrogen) atoms. The maximum absolute atomic E-state index is 9.34. The molecule has 0 aromatic heterocycles. The van der Waals surface area contributed by atoms with Crippen molar-refractivity contribution in [3.05, 3.63) is 18.2 Å². The molecule has 0 saturated heterocycles. The zero-order valence-corrected chi connectivity index (χ0v) is 11.4.